The molecule has 11 heteroatoms. The summed E-state index contributed by atoms with van der Waals surface area (Å²) in [7, 11) is 1.56. The summed E-state index contributed by atoms with van der Waals surface area (Å²) in [6.45, 7) is 0.868. The molecule has 0 N–H and O–H groups in total. The van der Waals surface area contributed by atoms with Crippen molar-refractivity contribution in [1.82, 2.24) is 19.3 Å². The third-order valence-electron chi connectivity index (χ3n) is 5.14. The van der Waals surface area contributed by atoms with E-state index in [4.69, 9.17) is 14.0 Å². The highest BCUT2D eigenvalue weighted by molar-refractivity contribution is 7.88. The fraction of sp³-hybridized carbons (Fsp3) is 0.526. The average molecular weight is 439 g/mol. The van der Waals surface area contributed by atoms with Crippen LogP contribution in [0.4, 0.5) is 0 Å². The molecule has 0 spiro atoms. The molecule has 1 aromatic carbocycles. The van der Waals surface area contributed by atoms with Crippen molar-refractivity contribution in [2.24, 2.45) is 5.92 Å². The molecule has 0 radical (unpaired) electrons. The van der Waals surface area contributed by atoms with Gasteiger partial charge in [0.15, 0.2) is 0 Å². The van der Waals surface area contributed by atoms with Gasteiger partial charge in [0.2, 0.25) is 27.6 Å². The first-order valence-corrected chi connectivity index (χ1v) is 11.3. The molecule has 0 atom stereocenters. The number of piperidine rings is 1. The van der Waals surface area contributed by atoms with Crippen molar-refractivity contribution in [3.05, 3.63) is 24.1 Å². The quantitative estimate of drug-likeness (QED) is 0.637. The SMILES string of the molecule is COc1ccc(-c2noc(CN(C)C(=O)C3CCN(S(C)(=O)=O)CC3)n2)c(OC)c1. The van der Waals surface area contributed by atoms with Gasteiger partial charge in [-0.25, -0.2) is 12.7 Å². The molecule has 0 unspecified atom stereocenters. The van der Waals surface area contributed by atoms with E-state index in [2.05, 4.69) is 10.1 Å². The van der Waals surface area contributed by atoms with Crippen molar-refractivity contribution in [2.75, 3.05) is 40.6 Å². The van der Waals surface area contributed by atoms with Gasteiger partial charge in [0.25, 0.3) is 0 Å². The summed E-state index contributed by atoms with van der Waals surface area (Å²) < 4.78 is 40.5. The van der Waals surface area contributed by atoms with E-state index >= 15 is 0 Å². The highest BCUT2D eigenvalue weighted by atomic mass is 32.2. The molecule has 0 bridgehead atoms. The van der Waals surface area contributed by atoms with Crippen molar-refractivity contribution in [3.8, 4) is 22.9 Å². The van der Waals surface area contributed by atoms with Gasteiger partial charge in [-0.3, -0.25) is 4.79 Å². The fourth-order valence-electron chi connectivity index (χ4n) is 3.44. The van der Waals surface area contributed by atoms with Crippen molar-refractivity contribution in [1.29, 1.82) is 0 Å². The van der Waals surface area contributed by atoms with Gasteiger partial charge in [-0.05, 0) is 25.0 Å². The third kappa shape index (κ3) is 4.90. The fourth-order valence-corrected chi connectivity index (χ4v) is 4.31. The van der Waals surface area contributed by atoms with E-state index in [0.717, 1.165) is 0 Å². The molecule has 1 aliphatic heterocycles. The van der Waals surface area contributed by atoms with Crippen LogP contribution in [0.2, 0.25) is 0 Å². The monoisotopic (exact) mass is 438 g/mol. The summed E-state index contributed by atoms with van der Waals surface area (Å²) in [5.41, 5.74) is 0.649. The predicted molar refractivity (Wildman–Crippen MR) is 108 cm³/mol. The van der Waals surface area contributed by atoms with Gasteiger partial charge >= 0.3 is 0 Å². The lowest BCUT2D eigenvalue weighted by Gasteiger charge is -2.31. The van der Waals surface area contributed by atoms with Gasteiger partial charge in [-0.2, -0.15) is 4.98 Å². The summed E-state index contributed by atoms with van der Waals surface area (Å²) in [4.78, 5) is 18.6. The standard InChI is InChI=1S/C19H26N4O6S/c1-22(19(24)13-7-9-23(10-8-13)30(4,25)26)12-17-20-18(21-29-17)15-6-5-14(27-2)11-16(15)28-3/h5-6,11,13H,7-10,12H2,1-4H3. The maximum absolute atomic E-state index is 12.7. The van der Waals surface area contributed by atoms with Crippen LogP contribution in [0.3, 0.4) is 0 Å². The van der Waals surface area contributed by atoms with Crippen LogP contribution in [0.15, 0.2) is 22.7 Å². The second-order valence-corrected chi connectivity index (χ2v) is 9.19. The summed E-state index contributed by atoms with van der Waals surface area (Å²) in [6, 6.07) is 5.27. The van der Waals surface area contributed by atoms with E-state index < -0.39 is 10.0 Å². The number of rotatable bonds is 7. The second-order valence-electron chi connectivity index (χ2n) is 7.21. The topological polar surface area (TPSA) is 115 Å². The molecule has 2 heterocycles. The van der Waals surface area contributed by atoms with Crippen molar-refractivity contribution < 1.29 is 27.2 Å². The zero-order chi connectivity index (χ0) is 21.9. The predicted octanol–water partition coefficient (Wildman–Crippen LogP) is 1.38. The summed E-state index contributed by atoms with van der Waals surface area (Å²) in [5, 5.41) is 3.99. The van der Waals surface area contributed by atoms with Crippen LogP contribution in [0.1, 0.15) is 18.7 Å². The van der Waals surface area contributed by atoms with Gasteiger partial charge in [0.05, 0.1) is 32.6 Å². The molecule has 1 saturated heterocycles. The van der Waals surface area contributed by atoms with Gasteiger partial charge < -0.3 is 18.9 Å². The Morgan fingerprint density at radius 3 is 2.57 bits per heavy atom. The van der Waals surface area contributed by atoms with Crippen molar-refractivity contribution in [2.45, 2.75) is 19.4 Å². The lowest BCUT2D eigenvalue weighted by Crippen LogP contribution is -2.42. The molecule has 30 heavy (non-hydrogen) atoms. The van der Waals surface area contributed by atoms with Gasteiger partial charge in [0, 0.05) is 32.1 Å². The highest BCUT2D eigenvalue weighted by Gasteiger charge is 2.31. The number of carbonyl (C=O) groups excluding carboxylic acids is 1. The van der Waals surface area contributed by atoms with E-state index in [1.165, 1.54) is 15.5 Å². The Balaban J connectivity index is 1.64. The molecular formula is C19H26N4O6S. The van der Waals surface area contributed by atoms with E-state index in [1.54, 1.807) is 39.5 Å². The van der Waals surface area contributed by atoms with Crippen LogP contribution in [0, 0.1) is 5.92 Å². The number of aromatic nitrogens is 2. The number of nitrogens with zero attached hydrogens (tertiary/aromatic N) is 4. The van der Waals surface area contributed by atoms with E-state index in [-0.39, 0.29) is 18.4 Å². The van der Waals surface area contributed by atoms with Crippen LogP contribution in [-0.2, 0) is 21.4 Å². The molecule has 10 nitrogen and oxygen atoms in total. The van der Waals surface area contributed by atoms with E-state index in [0.29, 0.717) is 54.7 Å². The Hall–Kier alpha value is -2.66. The van der Waals surface area contributed by atoms with Crippen LogP contribution in [-0.4, -0.2) is 74.3 Å². The Bertz CT molecular complexity index is 998. The van der Waals surface area contributed by atoms with Crippen LogP contribution in [0.25, 0.3) is 11.4 Å². The Kier molecular flexibility index (Phi) is 6.61. The number of sulfonamides is 1. The van der Waals surface area contributed by atoms with Crippen LogP contribution >= 0.6 is 0 Å². The van der Waals surface area contributed by atoms with Gasteiger partial charge in [-0.1, -0.05) is 5.16 Å². The number of ether oxygens (including phenoxy) is 2. The number of hydrogen-bond acceptors (Lipinski definition) is 8. The molecule has 0 aliphatic carbocycles. The minimum atomic E-state index is -3.22. The Labute approximate surface area is 175 Å². The molecule has 164 valence electrons. The minimum Gasteiger partial charge on any atom is -0.497 e. The molecule has 1 amide bonds. The lowest BCUT2D eigenvalue weighted by atomic mass is 9.97. The number of methoxy groups -OCH3 is 2. The molecule has 2 aromatic rings. The molecule has 0 saturated carbocycles. The normalized spacial score (nSPS) is 15.7. The Morgan fingerprint density at radius 1 is 1.27 bits per heavy atom. The van der Waals surface area contributed by atoms with E-state index in [1.807, 2.05) is 0 Å². The lowest BCUT2D eigenvalue weighted by molar-refractivity contribution is -0.136. The maximum atomic E-state index is 12.7. The molecule has 3 rings (SSSR count). The largest absolute Gasteiger partial charge is 0.497 e. The number of amides is 1. The number of benzene rings is 1. The molecule has 1 aliphatic rings. The molecule has 1 aromatic heterocycles. The van der Waals surface area contributed by atoms with E-state index in [9.17, 15) is 13.2 Å². The van der Waals surface area contributed by atoms with Crippen molar-refractivity contribution >= 4 is 15.9 Å². The Morgan fingerprint density at radius 2 is 1.97 bits per heavy atom. The second kappa shape index (κ2) is 9.00. The number of hydrogen-bond donors (Lipinski definition) is 0. The van der Waals surface area contributed by atoms with Gasteiger partial charge in [0.1, 0.15) is 11.5 Å². The minimum absolute atomic E-state index is 0.0649. The smallest absolute Gasteiger partial charge is 0.246 e. The van der Waals surface area contributed by atoms with Crippen molar-refractivity contribution in [3.63, 3.8) is 0 Å². The van der Waals surface area contributed by atoms with Gasteiger partial charge in [-0.15, -0.1) is 0 Å². The zero-order valence-corrected chi connectivity index (χ0v) is 18.3. The van der Waals surface area contributed by atoms with Crippen LogP contribution < -0.4 is 9.47 Å². The summed E-state index contributed by atoms with van der Waals surface area (Å²) in [5.74, 6) is 1.55. The first-order valence-electron chi connectivity index (χ1n) is 9.48. The zero-order valence-electron chi connectivity index (χ0n) is 17.5. The van der Waals surface area contributed by atoms with Crippen LogP contribution in [0.5, 0.6) is 11.5 Å². The number of carbonyl (C=O) groups is 1. The summed E-state index contributed by atoms with van der Waals surface area (Å²) in [6.07, 6.45) is 2.18. The third-order valence-corrected chi connectivity index (χ3v) is 6.44. The average Bonchev–Trinajstić information content (AvgIpc) is 3.20. The molecule has 1 fully saturated rings. The first-order chi connectivity index (χ1) is 14.2. The summed E-state index contributed by atoms with van der Waals surface area (Å²) >= 11 is 0. The molecular weight excluding hydrogens is 412 g/mol. The highest BCUT2D eigenvalue weighted by Crippen LogP contribution is 2.31. The maximum Gasteiger partial charge on any atom is 0.246 e. The first kappa shape index (κ1) is 22.0.